The van der Waals surface area contributed by atoms with Crippen LogP contribution in [-0.2, 0) is 0 Å². The van der Waals surface area contributed by atoms with Crippen LogP contribution in [-0.4, -0.2) is 22.6 Å². The predicted molar refractivity (Wildman–Crippen MR) is 80.6 cm³/mol. The van der Waals surface area contributed by atoms with Gasteiger partial charge in [-0.2, -0.15) is 0 Å². The van der Waals surface area contributed by atoms with Crippen molar-refractivity contribution in [1.82, 2.24) is 9.97 Å². The molecule has 0 radical (unpaired) electrons. The van der Waals surface area contributed by atoms with Crippen LogP contribution in [0.4, 0.5) is 11.6 Å². The van der Waals surface area contributed by atoms with Crippen molar-refractivity contribution in [2.45, 2.75) is 59.4 Å². The molecule has 1 atom stereocenters. The quantitative estimate of drug-likeness (QED) is 0.870. The molecule has 1 unspecified atom stereocenters. The molecular formula is C15H26N4. The Bertz CT molecular complexity index is 428. The van der Waals surface area contributed by atoms with Crippen molar-refractivity contribution in [2.75, 3.05) is 17.2 Å². The lowest BCUT2D eigenvalue weighted by atomic mass is 9.75. The van der Waals surface area contributed by atoms with Crippen molar-refractivity contribution in [3.05, 3.63) is 11.9 Å². The highest BCUT2D eigenvalue weighted by molar-refractivity contribution is 5.48. The molecule has 0 amide bonds. The lowest BCUT2D eigenvalue weighted by Gasteiger charge is -2.35. The number of nitrogens with zero attached hydrogens (tertiary/aromatic N) is 2. The fourth-order valence-corrected chi connectivity index (χ4v) is 2.94. The summed E-state index contributed by atoms with van der Waals surface area (Å²) < 4.78 is 0. The van der Waals surface area contributed by atoms with E-state index in [0.29, 0.717) is 11.5 Å². The highest BCUT2D eigenvalue weighted by Gasteiger charge is 2.28. The first-order valence-electron chi connectivity index (χ1n) is 7.34. The summed E-state index contributed by atoms with van der Waals surface area (Å²) in [6.45, 7) is 9.61. The van der Waals surface area contributed by atoms with Crippen LogP contribution in [0.2, 0.25) is 0 Å². The molecule has 106 valence electrons. The van der Waals surface area contributed by atoms with E-state index in [2.05, 4.69) is 41.4 Å². The van der Waals surface area contributed by atoms with Crippen LogP contribution in [0, 0.1) is 12.3 Å². The molecule has 4 heteroatoms. The Balaban J connectivity index is 2.06. The molecule has 1 aromatic rings. The van der Waals surface area contributed by atoms with Gasteiger partial charge in [0.25, 0.3) is 0 Å². The Kier molecular flexibility index (Phi) is 4.27. The molecule has 1 saturated carbocycles. The molecule has 1 aliphatic carbocycles. The minimum absolute atomic E-state index is 0.447. The van der Waals surface area contributed by atoms with Crippen molar-refractivity contribution in [3.8, 4) is 0 Å². The van der Waals surface area contributed by atoms with E-state index < -0.39 is 0 Å². The van der Waals surface area contributed by atoms with Gasteiger partial charge < -0.3 is 10.6 Å². The van der Waals surface area contributed by atoms with Gasteiger partial charge >= 0.3 is 0 Å². The highest BCUT2D eigenvalue weighted by atomic mass is 15.1. The minimum Gasteiger partial charge on any atom is -0.370 e. The van der Waals surface area contributed by atoms with E-state index in [-0.39, 0.29) is 0 Å². The highest BCUT2D eigenvalue weighted by Crippen LogP contribution is 2.36. The third kappa shape index (κ3) is 4.08. The van der Waals surface area contributed by atoms with Crippen molar-refractivity contribution < 1.29 is 0 Å². The molecule has 0 aromatic carbocycles. The van der Waals surface area contributed by atoms with Crippen LogP contribution in [0.5, 0.6) is 0 Å². The molecule has 0 bridgehead atoms. The van der Waals surface area contributed by atoms with Gasteiger partial charge in [-0.1, -0.05) is 20.3 Å². The van der Waals surface area contributed by atoms with Gasteiger partial charge in [0.1, 0.15) is 17.5 Å². The van der Waals surface area contributed by atoms with Crippen LogP contribution in [0.25, 0.3) is 0 Å². The first-order chi connectivity index (χ1) is 8.98. The summed E-state index contributed by atoms with van der Waals surface area (Å²) >= 11 is 0. The number of nitrogens with one attached hydrogen (secondary N) is 2. The SMILES string of the molecule is CCNc1cc(NC2CCCC(C)(C)C2)nc(C)n1. The lowest BCUT2D eigenvalue weighted by molar-refractivity contribution is 0.229. The number of anilines is 2. The van der Waals surface area contributed by atoms with Crippen LogP contribution in [0.15, 0.2) is 6.07 Å². The Hall–Kier alpha value is -1.32. The summed E-state index contributed by atoms with van der Waals surface area (Å²) in [5.41, 5.74) is 0.447. The topological polar surface area (TPSA) is 49.8 Å². The molecular weight excluding hydrogens is 236 g/mol. The lowest BCUT2D eigenvalue weighted by Crippen LogP contribution is -2.32. The summed E-state index contributed by atoms with van der Waals surface area (Å²) in [6.07, 6.45) is 5.08. The molecule has 4 nitrogen and oxygen atoms in total. The Morgan fingerprint density at radius 2 is 2.05 bits per heavy atom. The van der Waals surface area contributed by atoms with E-state index in [1.165, 1.54) is 25.7 Å². The Morgan fingerprint density at radius 3 is 2.74 bits per heavy atom. The van der Waals surface area contributed by atoms with E-state index in [9.17, 15) is 0 Å². The number of aromatic nitrogens is 2. The monoisotopic (exact) mass is 262 g/mol. The third-order valence-corrected chi connectivity index (χ3v) is 3.75. The fraction of sp³-hybridized carbons (Fsp3) is 0.733. The fourth-order valence-electron chi connectivity index (χ4n) is 2.94. The zero-order valence-electron chi connectivity index (χ0n) is 12.6. The molecule has 1 aliphatic rings. The van der Waals surface area contributed by atoms with Crippen molar-refractivity contribution in [1.29, 1.82) is 0 Å². The normalized spacial score (nSPS) is 22.0. The third-order valence-electron chi connectivity index (χ3n) is 3.75. The van der Waals surface area contributed by atoms with Gasteiger partial charge in [0, 0.05) is 18.7 Å². The smallest absolute Gasteiger partial charge is 0.132 e. The van der Waals surface area contributed by atoms with E-state index >= 15 is 0 Å². The molecule has 0 spiro atoms. The van der Waals surface area contributed by atoms with Gasteiger partial charge in [-0.15, -0.1) is 0 Å². The van der Waals surface area contributed by atoms with Crippen LogP contribution in [0.3, 0.4) is 0 Å². The second-order valence-corrected chi connectivity index (χ2v) is 6.32. The molecule has 1 heterocycles. The molecule has 2 rings (SSSR count). The van der Waals surface area contributed by atoms with Crippen molar-refractivity contribution in [3.63, 3.8) is 0 Å². The average molecular weight is 262 g/mol. The molecule has 0 aliphatic heterocycles. The van der Waals surface area contributed by atoms with Gasteiger partial charge in [0.2, 0.25) is 0 Å². The second-order valence-electron chi connectivity index (χ2n) is 6.32. The molecule has 2 N–H and O–H groups in total. The van der Waals surface area contributed by atoms with Gasteiger partial charge in [-0.05, 0) is 38.5 Å². The maximum Gasteiger partial charge on any atom is 0.132 e. The van der Waals surface area contributed by atoms with E-state index in [0.717, 1.165) is 24.0 Å². The maximum atomic E-state index is 4.50. The number of hydrogen-bond acceptors (Lipinski definition) is 4. The molecule has 1 fully saturated rings. The molecule has 1 aromatic heterocycles. The second kappa shape index (κ2) is 5.76. The summed E-state index contributed by atoms with van der Waals surface area (Å²) in [5, 5.41) is 6.84. The number of hydrogen-bond donors (Lipinski definition) is 2. The number of aryl methyl sites for hydroxylation is 1. The standard InChI is InChI=1S/C15H26N4/c1-5-16-13-9-14(18-11(2)17-13)19-12-7-6-8-15(3,4)10-12/h9,12H,5-8,10H2,1-4H3,(H2,16,17,18,19). The summed E-state index contributed by atoms with van der Waals surface area (Å²) in [6, 6.07) is 2.55. The summed E-state index contributed by atoms with van der Waals surface area (Å²) in [5.74, 6) is 2.68. The van der Waals surface area contributed by atoms with Crippen LogP contribution >= 0.6 is 0 Å². The Morgan fingerprint density at radius 1 is 1.32 bits per heavy atom. The van der Waals surface area contributed by atoms with Gasteiger partial charge in [-0.3, -0.25) is 0 Å². The summed E-state index contributed by atoms with van der Waals surface area (Å²) in [7, 11) is 0. The predicted octanol–water partition coefficient (Wildman–Crippen LogP) is 3.60. The largest absolute Gasteiger partial charge is 0.370 e. The first-order valence-corrected chi connectivity index (χ1v) is 7.34. The van der Waals surface area contributed by atoms with Gasteiger partial charge in [-0.25, -0.2) is 9.97 Å². The van der Waals surface area contributed by atoms with E-state index in [1.54, 1.807) is 0 Å². The maximum absolute atomic E-state index is 4.50. The minimum atomic E-state index is 0.447. The van der Waals surface area contributed by atoms with E-state index in [4.69, 9.17) is 0 Å². The van der Waals surface area contributed by atoms with E-state index in [1.807, 2.05) is 13.0 Å². The zero-order chi connectivity index (χ0) is 13.9. The van der Waals surface area contributed by atoms with Crippen molar-refractivity contribution >= 4 is 11.6 Å². The average Bonchev–Trinajstić information content (AvgIpc) is 2.26. The van der Waals surface area contributed by atoms with Gasteiger partial charge in [0.05, 0.1) is 0 Å². The molecule has 0 saturated heterocycles. The zero-order valence-corrected chi connectivity index (χ0v) is 12.6. The Labute approximate surface area is 116 Å². The summed E-state index contributed by atoms with van der Waals surface area (Å²) in [4.78, 5) is 8.88. The molecule has 19 heavy (non-hydrogen) atoms. The number of rotatable bonds is 4. The van der Waals surface area contributed by atoms with Crippen molar-refractivity contribution in [2.24, 2.45) is 5.41 Å². The van der Waals surface area contributed by atoms with Crippen LogP contribution in [0.1, 0.15) is 52.3 Å². The first kappa shape index (κ1) is 14.1. The van der Waals surface area contributed by atoms with Crippen LogP contribution < -0.4 is 10.6 Å². The van der Waals surface area contributed by atoms with Gasteiger partial charge in [0.15, 0.2) is 0 Å².